The lowest BCUT2D eigenvalue weighted by atomic mass is 10.0. The summed E-state index contributed by atoms with van der Waals surface area (Å²) < 4.78 is 5.15. The fraction of sp³-hybridized carbons (Fsp3) is 0.429. The van der Waals surface area contributed by atoms with E-state index in [1.807, 2.05) is 13.8 Å². The molecule has 0 saturated heterocycles. The molecule has 0 bridgehead atoms. The van der Waals surface area contributed by atoms with Gasteiger partial charge in [0.25, 0.3) is 5.91 Å². The van der Waals surface area contributed by atoms with E-state index < -0.39 is 17.9 Å². The van der Waals surface area contributed by atoms with E-state index >= 15 is 0 Å². The summed E-state index contributed by atoms with van der Waals surface area (Å²) in [5.74, 6) is -0.460. The van der Waals surface area contributed by atoms with Crippen molar-refractivity contribution in [1.29, 1.82) is 0 Å². The second-order valence-corrected chi connectivity index (χ2v) is 4.64. The minimum Gasteiger partial charge on any atom is -0.484 e. The molecular weight excluding hydrogens is 258 g/mol. The van der Waals surface area contributed by atoms with E-state index in [2.05, 4.69) is 5.32 Å². The maximum atomic E-state index is 11.5. The van der Waals surface area contributed by atoms with E-state index in [0.717, 1.165) is 12.0 Å². The molecule has 0 heterocycles. The highest BCUT2D eigenvalue weighted by Crippen LogP contribution is 2.18. The average molecular weight is 279 g/mol. The third-order valence-electron chi connectivity index (χ3n) is 2.94. The lowest BCUT2D eigenvalue weighted by Gasteiger charge is -2.20. The van der Waals surface area contributed by atoms with Crippen LogP contribution in [0.25, 0.3) is 0 Å². The molecule has 1 aromatic rings. The first-order chi connectivity index (χ1) is 9.43. The molecule has 20 heavy (non-hydrogen) atoms. The number of rotatable bonds is 8. The van der Waals surface area contributed by atoms with Crippen molar-refractivity contribution >= 4 is 11.8 Å². The van der Waals surface area contributed by atoms with Gasteiger partial charge in [0.15, 0.2) is 6.61 Å². The Hall–Kier alpha value is -2.08. The van der Waals surface area contributed by atoms with Crippen LogP contribution in [0.5, 0.6) is 5.75 Å². The molecule has 6 nitrogen and oxygen atoms in total. The van der Waals surface area contributed by atoms with Gasteiger partial charge in [0, 0.05) is 6.04 Å². The number of nitrogens with one attached hydrogen (secondary N) is 1. The summed E-state index contributed by atoms with van der Waals surface area (Å²) in [6.07, 6.45) is 0.892. The summed E-state index contributed by atoms with van der Waals surface area (Å²) in [5.41, 5.74) is 11.2. The van der Waals surface area contributed by atoms with Gasteiger partial charge in [-0.1, -0.05) is 19.1 Å². The van der Waals surface area contributed by atoms with Crippen LogP contribution in [0.4, 0.5) is 0 Å². The number of carbonyl (C=O) groups excluding carboxylic acids is 2. The van der Waals surface area contributed by atoms with E-state index in [9.17, 15) is 9.59 Å². The normalized spacial score (nSPS) is 13.5. The molecule has 2 unspecified atom stereocenters. The smallest absolute Gasteiger partial charge is 0.255 e. The van der Waals surface area contributed by atoms with Gasteiger partial charge in [-0.15, -0.1) is 0 Å². The van der Waals surface area contributed by atoms with Crippen LogP contribution < -0.4 is 21.5 Å². The van der Waals surface area contributed by atoms with Gasteiger partial charge < -0.3 is 16.2 Å². The second-order valence-electron chi connectivity index (χ2n) is 4.64. The standard InChI is InChI=1S/C14H21N3O3/c1-3-9(2)17-13(14(16)19)10-4-6-11(7-5-10)20-8-12(15)18/h4-7,9,13,17H,3,8H2,1-2H3,(H2,15,18)(H2,16,19). The molecule has 5 N–H and O–H groups in total. The molecule has 0 fully saturated rings. The monoisotopic (exact) mass is 279 g/mol. The number of carbonyl (C=O) groups is 2. The van der Waals surface area contributed by atoms with Gasteiger partial charge in [0.1, 0.15) is 11.8 Å². The van der Waals surface area contributed by atoms with Crippen molar-refractivity contribution in [2.24, 2.45) is 11.5 Å². The van der Waals surface area contributed by atoms with Crippen molar-refractivity contribution < 1.29 is 14.3 Å². The van der Waals surface area contributed by atoms with Crippen molar-refractivity contribution in [3.63, 3.8) is 0 Å². The molecule has 0 aliphatic heterocycles. The van der Waals surface area contributed by atoms with Crippen LogP contribution in [0, 0.1) is 0 Å². The predicted molar refractivity (Wildman–Crippen MR) is 76.0 cm³/mol. The van der Waals surface area contributed by atoms with Crippen molar-refractivity contribution in [3.05, 3.63) is 29.8 Å². The van der Waals surface area contributed by atoms with Crippen molar-refractivity contribution in [2.45, 2.75) is 32.4 Å². The molecule has 0 aliphatic rings. The van der Waals surface area contributed by atoms with Gasteiger partial charge in [-0.05, 0) is 31.0 Å². The number of ether oxygens (including phenoxy) is 1. The molecule has 110 valence electrons. The molecule has 0 radical (unpaired) electrons. The zero-order chi connectivity index (χ0) is 15.1. The quantitative estimate of drug-likeness (QED) is 0.642. The fourth-order valence-corrected chi connectivity index (χ4v) is 1.66. The van der Waals surface area contributed by atoms with Crippen LogP contribution in [0.15, 0.2) is 24.3 Å². The zero-order valence-electron chi connectivity index (χ0n) is 11.8. The molecule has 2 atom stereocenters. The lowest BCUT2D eigenvalue weighted by molar-refractivity contribution is -0.120. The molecule has 0 saturated carbocycles. The number of amides is 2. The molecule has 0 aromatic heterocycles. The Labute approximate surface area is 118 Å². The van der Waals surface area contributed by atoms with E-state index in [4.69, 9.17) is 16.2 Å². The first kappa shape index (κ1) is 16.0. The maximum absolute atomic E-state index is 11.5. The number of hydrogen-bond donors (Lipinski definition) is 3. The molecule has 2 amide bonds. The third kappa shape index (κ3) is 4.89. The Bertz CT molecular complexity index is 459. The highest BCUT2D eigenvalue weighted by molar-refractivity contribution is 5.81. The molecule has 0 spiro atoms. The average Bonchev–Trinajstić information content (AvgIpc) is 2.42. The Morgan fingerprint density at radius 3 is 2.30 bits per heavy atom. The first-order valence-corrected chi connectivity index (χ1v) is 6.50. The topological polar surface area (TPSA) is 107 Å². The maximum Gasteiger partial charge on any atom is 0.255 e. The minimum absolute atomic E-state index is 0.177. The van der Waals surface area contributed by atoms with Gasteiger partial charge in [-0.25, -0.2) is 0 Å². The highest BCUT2D eigenvalue weighted by atomic mass is 16.5. The van der Waals surface area contributed by atoms with E-state index in [1.165, 1.54) is 0 Å². The Balaban J connectivity index is 2.77. The molecule has 1 rings (SSSR count). The third-order valence-corrected chi connectivity index (χ3v) is 2.94. The largest absolute Gasteiger partial charge is 0.484 e. The van der Waals surface area contributed by atoms with Gasteiger partial charge in [-0.3, -0.25) is 14.9 Å². The van der Waals surface area contributed by atoms with Crippen LogP contribution in [-0.2, 0) is 9.59 Å². The summed E-state index contributed by atoms with van der Waals surface area (Å²) in [4.78, 5) is 22.1. The molecular formula is C14H21N3O3. The van der Waals surface area contributed by atoms with Crippen LogP contribution in [0.2, 0.25) is 0 Å². The summed E-state index contributed by atoms with van der Waals surface area (Å²) in [6.45, 7) is 3.83. The number of hydrogen-bond acceptors (Lipinski definition) is 4. The summed E-state index contributed by atoms with van der Waals surface area (Å²) in [7, 11) is 0. The summed E-state index contributed by atoms with van der Waals surface area (Å²) in [5, 5.41) is 3.16. The van der Waals surface area contributed by atoms with Crippen molar-refractivity contribution in [2.75, 3.05) is 6.61 Å². The predicted octanol–water partition coefficient (Wildman–Crippen LogP) is 0.465. The lowest BCUT2D eigenvalue weighted by Crippen LogP contribution is -2.38. The van der Waals surface area contributed by atoms with Gasteiger partial charge >= 0.3 is 0 Å². The highest BCUT2D eigenvalue weighted by Gasteiger charge is 2.19. The van der Waals surface area contributed by atoms with Crippen LogP contribution in [0.3, 0.4) is 0 Å². The fourth-order valence-electron chi connectivity index (χ4n) is 1.66. The zero-order valence-corrected chi connectivity index (χ0v) is 11.8. The molecule has 1 aromatic carbocycles. The number of benzene rings is 1. The van der Waals surface area contributed by atoms with E-state index in [-0.39, 0.29) is 12.6 Å². The Morgan fingerprint density at radius 1 is 1.25 bits per heavy atom. The second kappa shape index (κ2) is 7.49. The molecule has 6 heteroatoms. The van der Waals surface area contributed by atoms with Crippen molar-refractivity contribution in [1.82, 2.24) is 5.32 Å². The minimum atomic E-state index is -0.546. The van der Waals surface area contributed by atoms with Gasteiger partial charge in [-0.2, -0.15) is 0 Å². The number of primary amides is 2. The Morgan fingerprint density at radius 2 is 1.85 bits per heavy atom. The van der Waals surface area contributed by atoms with Gasteiger partial charge in [0.05, 0.1) is 0 Å². The summed E-state index contributed by atoms with van der Waals surface area (Å²) in [6, 6.07) is 6.45. The van der Waals surface area contributed by atoms with Crippen LogP contribution in [0.1, 0.15) is 31.9 Å². The first-order valence-electron chi connectivity index (χ1n) is 6.50. The van der Waals surface area contributed by atoms with E-state index in [1.54, 1.807) is 24.3 Å². The van der Waals surface area contributed by atoms with Crippen molar-refractivity contribution in [3.8, 4) is 5.75 Å². The van der Waals surface area contributed by atoms with Crippen LogP contribution in [-0.4, -0.2) is 24.5 Å². The molecule has 0 aliphatic carbocycles. The van der Waals surface area contributed by atoms with Crippen LogP contribution >= 0.6 is 0 Å². The summed E-state index contributed by atoms with van der Waals surface area (Å²) >= 11 is 0. The Kier molecular flexibility index (Phi) is 5.99. The van der Waals surface area contributed by atoms with Gasteiger partial charge in [0.2, 0.25) is 5.91 Å². The number of nitrogens with two attached hydrogens (primary N) is 2. The SMILES string of the molecule is CCC(C)NC(C(N)=O)c1ccc(OCC(N)=O)cc1. The van der Waals surface area contributed by atoms with E-state index in [0.29, 0.717) is 5.75 Å².